The van der Waals surface area contributed by atoms with E-state index >= 15 is 0 Å². The monoisotopic (exact) mass is 389 g/mol. The number of halogens is 3. The summed E-state index contributed by atoms with van der Waals surface area (Å²) in [6, 6.07) is 2.77. The van der Waals surface area contributed by atoms with Gasteiger partial charge < -0.3 is 9.47 Å². The number of aromatic nitrogens is 1. The molecule has 1 aromatic heterocycles. The zero-order chi connectivity index (χ0) is 18.4. The van der Waals surface area contributed by atoms with E-state index in [-0.39, 0.29) is 28.8 Å². The van der Waals surface area contributed by atoms with Crippen LogP contribution in [0.2, 0.25) is 5.02 Å². The van der Waals surface area contributed by atoms with Crippen molar-refractivity contribution in [3.8, 4) is 11.5 Å². The summed E-state index contributed by atoms with van der Waals surface area (Å²) >= 11 is 7.30. The Morgan fingerprint density at radius 3 is 2.88 bits per heavy atom. The van der Waals surface area contributed by atoms with Crippen LogP contribution in [0.25, 0.3) is 0 Å². The second-order valence-corrected chi connectivity index (χ2v) is 6.12. The molecule has 134 valence electrons. The molecule has 0 aliphatic carbocycles. The minimum atomic E-state index is -3.03. The number of hydrogen-bond donors (Lipinski definition) is 1. The largest absolute Gasteiger partial charge is 0.493 e. The molecule has 0 aliphatic rings. The maximum absolute atomic E-state index is 12.4. The standard InChI is InChI=1S/C15H14ClF2N3O3S/c1-8-7-25-13(20-8)5-12(22)21-19-6-9-3-10(16)14(24-15(17)18)11(4-9)23-2/h3-4,6-7,15H,5H2,1-2H3,(H,21,22)/b19-6-. The van der Waals surface area contributed by atoms with Gasteiger partial charge >= 0.3 is 6.61 Å². The predicted octanol–water partition coefficient (Wildman–Crippen LogP) is 3.41. The molecule has 2 rings (SSSR count). The van der Waals surface area contributed by atoms with E-state index in [1.807, 2.05) is 12.3 Å². The molecule has 6 nitrogen and oxygen atoms in total. The highest BCUT2D eigenvalue weighted by Crippen LogP contribution is 2.37. The summed E-state index contributed by atoms with van der Waals surface area (Å²) < 4.78 is 34.1. The first kappa shape index (κ1) is 19.1. The van der Waals surface area contributed by atoms with E-state index in [0.717, 1.165) is 5.69 Å². The van der Waals surface area contributed by atoms with Gasteiger partial charge in [0.1, 0.15) is 5.01 Å². The predicted molar refractivity (Wildman–Crippen MR) is 90.9 cm³/mol. The average Bonchev–Trinajstić information content (AvgIpc) is 2.94. The van der Waals surface area contributed by atoms with Crippen LogP contribution in [0.1, 0.15) is 16.3 Å². The summed E-state index contributed by atoms with van der Waals surface area (Å²) in [6.07, 6.45) is 1.42. The van der Waals surface area contributed by atoms with Crippen LogP contribution in [0.5, 0.6) is 11.5 Å². The molecule has 1 aromatic carbocycles. The molecule has 0 unspecified atom stereocenters. The third kappa shape index (κ3) is 5.64. The van der Waals surface area contributed by atoms with Crippen LogP contribution >= 0.6 is 22.9 Å². The summed E-state index contributed by atoms with van der Waals surface area (Å²) in [6.45, 7) is -1.19. The molecule has 0 saturated carbocycles. The lowest BCUT2D eigenvalue weighted by molar-refractivity contribution is -0.120. The van der Waals surface area contributed by atoms with Crippen molar-refractivity contribution in [1.82, 2.24) is 10.4 Å². The number of aryl methyl sites for hydroxylation is 1. The lowest BCUT2D eigenvalue weighted by atomic mass is 10.2. The lowest BCUT2D eigenvalue weighted by Gasteiger charge is -2.12. The third-order valence-electron chi connectivity index (χ3n) is 2.84. The number of carbonyl (C=O) groups excluding carboxylic acids is 1. The Balaban J connectivity index is 2.02. The summed E-state index contributed by atoms with van der Waals surface area (Å²) in [7, 11) is 1.29. The number of rotatable bonds is 7. The maximum Gasteiger partial charge on any atom is 0.387 e. The minimum Gasteiger partial charge on any atom is -0.493 e. The Kier molecular flexibility index (Phi) is 6.65. The smallest absolute Gasteiger partial charge is 0.387 e. The normalized spacial score (nSPS) is 11.1. The van der Waals surface area contributed by atoms with Crippen LogP contribution < -0.4 is 14.9 Å². The van der Waals surface area contributed by atoms with Crippen molar-refractivity contribution in [2.75, 3.05) is 7.11 Å². The Labute approximate surface area is 151 Å². The molecule has 0 spiro atoms. The average molecular weight is 390 g/mol. The molecule has 0 fully saturated rings. The highest BCUT2D eigenvalue weighted by atomic mass is 35.5. The zero-order valence-electron chi connectivity index (χ0n) is 13.3. The number of nitrogens with zero attached hydrogens (tertiary/aromatic N) is 2. The van der Waals surface area contributed by atoms with Crippen molar-refractivity contribution in [1.29, 1.82) is 0 Å². The van der Waals surface area contributed by atoms with Gasteiger partial charge in [0.2, 0.25) is 5.91 Å². The molecule has 0 saturated heterocycles. The molecule has 0 atom stereocenters. The van der Waals surface area contributed by atoms with Gasteiger partial charge in [0.25, 0.3) is 0 Å². The summed E-state index contributed by atoms with van der Waals surface area (Å²) in [4.78, 5) is 15.9. The molecular formula is C15H14ClF2N3O3S. The number of alkyl halides is 2. The highest BCUT2D eigenvalue weighted by Gasteiger charge is 2.15. The van der Waals surface area contributed by atoms with Gasteiger partial charge in [-0.3, -0.25) is 4.79 Å². The van der Waals surface area contributed by atoms with Gasteiger partial charge in [0.05, 0.1) is 24.8 Å². The quantitative estimate of drug-likeness (QED) is 0.581. The van der Waals surface area contributed by atoms with E-state index in [4.69, 9.17) is 16.3 Å². The Morgan fingerprint density at radius 2 is 2.28 bits per heavy atom. The van der Waals surface area contributed by atoms with Crippen molar-refractivity contribution in [2.24, 2.45) is 5.10 Å². The molecule has 0 aliphatic heterocycles. The van der Waals surface area contributed by atoms with Crippen LogP contribution in [-0.4, -0.2) is 30.8 Å². The first-order valence-corrected chi connectivity index (χ1v) is 8.20. The summed E-state index contributed by atoms with van der Waals surface area (Å²) in [5, 5.41) is 6.27. The van der Waals surface area contributed by atoms with Crippen molar-refractivity contribution < 1.29 is 23.0 Å². The third-order valence-corrected chi connectivity index (χ3v) is 4.09. The number of nitrogens with one attached hydrogen (secondary N) is 1. The first-order valence-electron chi connectivity index (χ1n) is 6.94. The van der Waals surface area contributed by atoms with Crippen LogP contribution in [0.3, 0.4) is 0 Å². The maximum atomic E-state index is 12.4. The van der Waals surface area contributed by atoms with Crippen LogP contribution in [-0.2, 0) is 11.2 Å². The number of carbonyl (C=O) groups is 1. The van der Waals surface area contributed by atoms with Crippen molar-refractivity contribution in [2.45, 2.75) is 20.0 Å². The fraction of sp³-hybridized carbons (Fsp3) is 0.267. The minimum absolute atomic E-state index is 0.0267. The Hall–Kier alpha value is -2.26. The van der Waals surface area contributed by atoms with Gasteiger partial charge in [-0.2, -0.15) is 13.9 Å². The number of benzene rings is 1. The van der Waals surface area contributed by atoms with E-state index in [9.17, 15) is 13.6 Å². The molecule has 25 heavy (non-hydrogen) atoms. The van der Waals surface area contributed by atoms with Gasteiger partial charge in [-0.1, -0.05) is 11.6 Å². The van der Waals surface area contributed by atoms with E-state index in [1.54, 1.807) is 0 Å². The first-order chi connectivity index (χ1) is 11.9. The Bertz CT molecular complexity index is 783. The fourth-order valence-corrected chi connectivity index (χ4v) is 2.89. The van der Waals surface area contributed by atoms with Crippen LogP contribution in [0.4, 0.5) is 8.78 Å². The van der Waals surface area contributed by atoms with Gasteiger partial charge in [0.15, 0.2) is 11.5 Å². The van der Waals surface area contributed by atoms with Crippen LogP contribution in [0.15, 0.2) is 22.6 Å². The molecule has 0 bridgehead atoms. The fourth-order valence-electron chi connectivity index (χ4n) is 1.86. The molecule has 1 amide bonds. The molecule has 1 heterocycles. The number of thiazole rings is 1. The molecular weight excluding hydrogens is 376 g/mol. The zero-order valence-corrected chi connectivity index (χ0v) is 14.8. The Morgan fingerprint density at radius 1 is 1.52 bits per heavy atom. The summed E-state index contributed by atoms with van der Waals surface area (Å²) in [5.41, 5.74) is 3.64. The van der Waals surface area contributed by atoms with Crippen molar-refractivity contribution >= 4 is 35.1 Å². The number of ether oxygens (including phenoxy) is 2. The van der Waals surface area contributed by atoms with E-state index in [0.29, 0.717) is 10.6 Å². The van der Waals surface area contributed by atoms with Crippen molar-refractivity contribution in [3.05, 3.63) is 38.8 Å². The SMILES string of the molecule is COc1cc(/C=N\NC(=O)Cc2nc(C)cs2)cc(Cl)c1OC(F)F. The van der Waals surface area contributed by atoms with E-state index in [1.165, 1.54) is 36.8 Å². The topological polar surface area (TPSA) is 72.8 Å². The molecule has 0 radical (unpaired) electrons. The number of hydrogen-bond acceptors (Lipinski definition) is 6. The second kappa shape index (κ2) is 8.72. The second-order valence-electron chi connectivity index (χ2n) is 4.77. The van der Waals surface area contributed by atoms with Crippen LogP contribution in [0, 0.1) is 6.92 Å². The van der Waals surface area contributed by atoms with E-state index in [2.05, 4.69) is 20.2 Å². The molecule has 10 heteroatoms. The van der Waals surface area contributed by atoms with Crippen molar-refractivity contribution in [3.63, 3.8) is 0 Å². The van der Waals surface area contributed by atoms with Gasteiger partial charge in [-0.05, 0) is 24.6 Å². The number of amides is 1. The highest BCUT2D eigenvalue weighted by molar-refractivity contribution is 7.09. The molecule has 1 N–H and O–H groups in total. The van der Waals surface area contributed by atoms with E-state index < -0.39 is 6.61 Å². The van der Waals surface area contributed by atoms with Gasteiger partial charge in [-0.25, -0.2) is 10.4 Å². The molecule has 2 aromatic rings. The van der Waals surface area contributed by atoms with Gasteiger partial charge in [-0.15, -0.1) is 11.3 Å². The lowest BCUT2D eigenvalue weighted by Crippen LogP contribution is -2.19. The van der Waals surface area contributed by atoms with Gasteiger partial charge in [0, 0.05) is 11.1 Å². The number of hydrazone groups is 1. The number of methoxy groups -OCH3 is 1. The summed E-state index contributed by atoms with van der Waals surface area (Å²) in [5.74, 6) is -0.570.